The van der Waals surface area contributed by atoms with Crippen LogP contribution in [0.4, 0.5) is 11.5 Å². The van der Waals surface area contributed by atoms with Gasteiger partial charge in [-0.1, -0.05) is 36.4 Å². The molecule has 0 unspecified atom stereocenters. The van der Waals surface area contributed by atoms with Crippen LogP contribution in [0.5, 0.6) is 0 Å². The summed E-state index contributed by atoms with van der Waals surface area (Å²) in [6, 6.07) is 18.3. The van der Waals surface area contributed by atoms with E-state index in [1.54, 1.807) is 6.20 Å². The average Bonchev–Trinajstić information content (AvgIpc) is 3.19. The van der Waals surface area contributed by atoms with Crippen LogP contribution in [0.2, 0.25) is 0 Å². The maximum atomic E-state index is 6.11. The van der Waals surface area contributed by atoms with Crippen molar-refractivity contribution in [3.8, 4) is 11.5 Å². The maximum Gasteiger partial charge on any atom is 0.161 e. The summed E-state index contributed by atoms with van der Waals surface area (Å²) in [4.78, 5) is 19.4. The molecule has 6 heteroatoms. The average molecular weight is 374 g/mol. The fraction of sp³-hybridized carbons (Fsp3) is 0.136. The second-order valence-corrected chi connectivity index (χ2v) is 6.85. The summed E-state index contributed by atoms with van der Waals surface area (Å²) in [7, 11) is 0. The molecule has 0 bridgehead atoms. The first-order valence-electron chi connectivity index (χ1n) is 9.35. The third-order valence-electron chi connectivity index (χ3n) is 5.07. The van der Waals surface area contributed by atoms with Gasteiger partial charge in [0.15, 0.2) is 11.6 Å². The maximum absolute atomic E-state index is 6.11. The third kappa shape index (κ3) is 2.99. The number of H-pyrrole nitrogens is 1. The van der Waals surface area contributed by atoms with Crippen molar-refractivity contribution in [2.75, 3.05) is 23.7 Å². The fourth-order valence-corrected chi connectivity index (χ4v) is 3.57. The molecule has 28 heavy (non-hydrogen) atoms. The van der Waals surface area contributed by atoms with Crippen molar-refractivity contribution in [3.05, 3.63) is 72.6 Å². The number of anilines is 2. The van der Waals surface area contributed by atoms with E-state index in [0.29, 0.717) is 17.3 Å². The Morgan fingerprint density at radius 1 is 1.00 bits per heavy atom. The summed E-state index contributed by atoms with van der Waals surface area (Å²) in [6.45, 7) is 1.80. The second-order valence-electron chi connectivity index (χ2n) is 6.85. The molecule has 0 aliphatic carbocycles. The molecule has 3 N–H and O–H groups in total. The van der Waals surface area contributed by atoms with E-state index in [4.69, 9.17) is 10.7 Å². The monoisotopic (exact) mass is 374 g/mol. The first-order valence-corrected chi connectivity index (χ1v) is 9.35. The Hall–Kier alpha value is -3.67. The van der Waals surface area contributed by atoms with Crippen molar-refractivity contribution in [2.24, 2.45) is 0 Å². The molecule has 0 saturated carbocycles. The van der Waals surface area contributed by atoms with Gasteiger partial charge in [-0.15, -0.1) is 0 Å². The van der Waals surface area contributed by atoms with E-state index in [2.05, 4.69) is 50.2 Å². The van der Waals surface area contributed by atoms with E-state index in [1.807, 2.05) is 30.3 Å². The molecule has 1 aliphatic heterocycles. The molecule has 3 heterocycles. The lowest BCUT2D eigenvalue weighted by atomic mass is 10.0. The van der Waals surface area contributed by atoms with E-state index in [1.165, 1.54) is 11.3 Å². The van der Waals surface area contributed by atoms with Gasteiger partial charge in [0, 0.05) is 23.1 Å². The van der Waals surface area contributed by atoms with E-state index in [-0.39, 0.29) is 4.28 Å². The SMILES string of the molecule is Nc1ncc(C2=CCN(c3ccccc3)CC2)nc1-c1nc2ccccc2[nH]1.[HH].[HH].[HH]. The number of rotatable bonds is 3. The highest BCUT2D eigenvalue weighted by atomic mass is 15.1. The Balaban J connectivity index is 0.00000114. The van der Waals surface area contributed by atoms with Crippen LogP contribution >= 0.6 is 0 Å². The molecule has 6 nitrogen and oxygen atoms in total. The number of nitrogen functional groups attached to an aromatic ring is 1. The number of hydrogen-bond donors (Lipinski definition) is 2. The van der Waals surface area contributed by atoms with Gasteiger partial charge in [-0.2, -0.15) is 0 Å². The number of nitrogens with one attached hydrogen (secondary N) is 1. The highest BCUT2D eigenvalue weighted by Gasteiger charge is 2.17. The number of aromatic amines is 1. The number of nitrogens with zero attached hydrogens (tertiary/aromatic N) is 4. The van der Waals surface area contributed by atoms with E-state index in [9.17, 15) is 0 Å². The number of benzene rings is 2. The van der Waals surface area contributed by atoms with E-state index < -0.39 is 0 Å². The van der Waals surface area contributed by atoms with Gasteiger partial charge >= 0.3 is 0 Å². The molecule has 0 atom stereocenters. The van der Waals surface area contributed by atoms with Crippen LogP contribution in [0, 0.1) is 0 Å². The van der Waals surface area contributed by atoms with Gasteiger partial charge in [0.2, 0.25) is 0 Å². The topological polar surface area (TPSA) is 83.7 Å². The van der Waals surface area contributed by atoms with Gasteiger partial charge in [-0.25, -0.2) is 15.0 Å². The van der Waals surface area contributed by atoms with Gasteiger partial charge in [0.25, 0.3) is 0 Å². The van der Waals surface area contributed by atoms with Crippen LogP contribution in [0.1, 0.15) is 16.4 Å². The molecule has 2 aromatic carbocycles. The van der Waals surface area contributed by atoms with Gasteiger partial charge in [-0.3, -0.25) is 0 Å². The van der Waals surface area contributed by atoms with Crippen molar-refractivity contribution < 1.29 is 4.28 Å². The summed E-state index contributed by atoms with van der Waals surface area (Å²) >= 11 is 0. The van der Waals surface area contributed by atoms with Gasteiger partial charge < -0.3 is 15.6 Å². The number of fused-ring (bicyclic) bond motifs is 1. The zero-order valence-electron chi connectivity index (χ0n) is 15.3. The molecule has 5 rings (SSSR count). The summed E-state index contributed by atoms with van der Waals surface area (Å²) in [6.07, 6.45) is 4.89. The van der Waals surface area contributed by atoms with Crippen molar-refractivity contribution >= 4 is 28.1 Å². The Morgan fingerprint density at radius 2 is 1.82 bits per heavy atom. The molecule has 144 valence electrons. The van der Waals surface area contributed by atoms with Crippen LogP contribution in [0.15, 0.2) is 66.9 Å². The lowest BCUT2D eigenvalue weighted by molar-refractivity contribution is 0.829. The number of para-hydroxylation sites is 3. The fourth-order valence-electron chi connectivity index (χ4n) is 3.57. The number of nitrogens with two attached hydrogens (primary N) is 1. The smallest absolute Gasteiger partial charge is 0.161 e. The molecule has 2 aromatic heterocycles. The molecule has 4 aromatic rings. The predicted molar refractivity (Wildman–Crippen MR) is 119 cm³/mol. The molecule has 0 spiro atoms. The van der Waals surface area contributed by atoms with Crippen molar-refractivity contribution in [1.29, 1.82) is 0 Å². The zero-order valence-corrected chi connectivity index (χ0v) is 15.3. The lowest BCUT2D eigenvalue weighted by Gasteiger charge is -2.28. The van der Waals surface area contributed by atoms with Crippen LogP contribution in [-0.2, 0) is 0 Å². The molecular formula is C22H26N6. The molecular weight excluding hydrogens is 348 g/mol. The van der Waals surface area contributed by atoms with Crippen LogP contribution < -0.4 is 10.6 Å². The van der Waals surface area contributed by atoms with Gasteiger partial charge in [-0.05, 0) is 36.3 Å². The first kappa shape index (κ1) is 16.5. The number of imidazole rings is 1. The van der Waals surface area contributed by atoms with Crippen LogP contribution in [-0.4, -0.2) is 33.0 Å². The highest BCUT2D eigenvalue weighted by molar-refractivity contribution is 5.81. The quantitative estimate of drug-likeness (QED) is 0.546. The Bertz CT molecular complexity index is 1140. The largest absolute Gasteiger partial charge is 0.382 e. The number of aromatic nitrogens is 4. The normalized spacial score (nSPS) is 14.3. The Kier molecular flexibility index (Phi) is 4.01. The van der Waals surface area contributed by atoms with Crippen LogP contribution in [0.3, 0.4) is 0 Å². The zero-order chi connectivity index (χ0) is 18.9. The van der Waals surface area contributed by atoms with Gasteiger partial charge in [0.1, 0.15) is 5.69 Å². The second kappa shape index (κ2) is 6.81. The first-order chi connectivity index (χ1) is 13.8. The van der Waals surface area contributed by atoms with Crippen LogP contribution in [0.25, 0.3) is 28.1 Å². The van der Waals surface area contributed by atoms with Crippen molar-refractivity contribution in [1.82, 2.24) is 19.9 Å². The van der Waals surface area contributed by atoms with Crippen molar-refractivity contribution in [2.45, 2.75) is 6.42 Å². The summed E-state index contributed by atoms with van der Waals surface area (Å²) in [5.41, 5.74) is 11.8. The van der Waals surface area contributed by atoms with Crippen molar-refractivity contribution in [3.63, 3.8) is 0 Å². The summed E-state index contributed by atoms with van der Waals surface area (Å²) in [5, 5.41) is 0. The molecule has 0 saturated heterocycles. The Morgan fingerprint density at radius 3 is 2.61 bits per heavy atom. The minimum Gasteiger partial charge on any atom is -0.382 e. The third-order valence-corrected chi connectivity index (χ3v) is 5.07. The van der Waals surface area contributed by atoms with E-state index in [0.717, 1.165) is 36.2 Å². The molecule has 1 aliphatic rings. The molecule has 0 fully saturated rings. The standard InChI is InChI=1S/C22H20N6.3H2/c23-21-20(22-26-17-8-4-5-9-18(17)27-22)25-19(14-24-21)15-10-12-28(13-11-15)16-6-2-1-3-7-16;;;/h1-10,14H,11-13H2,(H2,23,24)(H,26,27);3*1H. The summed E-state index contributed by atoms with van der Waals surface area (Å²) < 4.78 is 0. The highest BCUT2D eigenvalue weighted by Crippen LogP contribution is 2.28. The Labute approximate surface area is 167 Å². The molecule has 0 radical (unpaired) electrons. The minimum absolute atomic E-state index is 0. The summed E-state index contributed by atoms with van der Waals surface area (Å²) in [5.74, 6) is 1.03. The number of hydrogen-bond acceptors (Lipinski definition) is 5. The lowest BCUT2D eigenvalue weighted by Crippen LogP contribution is -2.28. The predicted octanol–water partition coefficient (Wildman–Crippen LogP) is 4.63. The molecule has 0 amide bonds. The minimum atomic E-state index is 0. The van der Waals surface area contributed by atoms with Gasteiger partial charge in [0.05, 0.1) is 22.9 Å². The van der Waals surface area contributed by atoms with E-state index >= 15 is 0 Å².